The lowest BCUT2D eigenvalue weighted by Gasteiger charge is -2.21. The largest absolute Gasteiger partial charge is 0.503 e. The first-order valence-electron chi connectivity index (χ1n) is 12.9. The Labute approximate surface area is 228 Å². The molecule has 0 amide bonds. The molecule has 3 heterocycles. The zero-order valence-corrected chi connectivity index (χ0v) is 21.2. The van der Waals surface area contributed by atoms with E-state index in [0.29, 0.717) is 11.1 Å². The van der Waals surface area contributed by atoms with Crippen molar-refractivity contribution in [2.24, 2.45) is 0 Å². The normalized spacial score (nSPS) is 21.0. The molecule has 2 N–H and O–H groups in total. The lowest BCUT2D eigenvalue weighted by molar-refractivity contribution is -0.746. The zero-order valence-electron chi connectivity index (χ0n) is 21.2. The molecular formula is C31H24N3O6+. The molecule has 198 valence electrons. The number of fused-ring (bicyclic) bond motifs is 5. The summed E-state index contributed by atoms with van der Waals surface area (Å²) in [5.74, 6) is -0.746. The van der Waals surface area contributed by atoms with E-state index in [1.54, 1.807) is 35.0 Å². The Morgan fingerprint density at radius 2 is 1.45 bits per heavy atom. The molecule has 1 aromatic heterocycles. The van der Waals surface area contributed by atoms with Crippen molar-refractivity contribution in [2.45, 2.75) is 24.5 Å². The highest BCUT2D eigenvalue weighted by atomic mass is 16.7. The van der Waals surface area contributed by atoms with E-state index in [9.17, 15) is 9.59 Å². The van der Waals surface area contributed by atoms with Crippen LogP contribution < -0.4 is 15.0 Å². The summed E-state index contributed by atoms with van der Waals surface area (Å²) in [6, 6.07) is 28.0. The summed E-state index contributed by atoms with van der Waals surface area (Å²) in [7, 11) is 0. The summed E-state index contributed by atoms with van der Waals surface area (Å²) in [5.41, 5.74) is 6.70. The van der Waals surface area contributed by atoms with Crippen LogP contribution in [-0.4, -0.2) is 41.8 Å². The molecule has 0 unspecified atom stereocenters. The minimum Gasteiger partial charge on any atom is -0.459 e. The van der Waals surface area contributed by atoms with Gasteiger partial charge in [-0.2, -0.15) is 4.57 Å². The number of nitrogens with zero attached hydrogens (tertiary/aromatic N) is 2. The summed E-state index contributed by atoms with van der Waals surface area (Å²) >= 11 is 0. The second kappa shape index (κ2) is 9.62. The first-order chi connectivity index (χ1) is 19.6. The van der Waals surface area contributed by atoms with E-state index in [-0.39, 0.29) is 18.4 Å². The van der Waals surface area contributed by atoms with Crippen LogP contribution in [0.1, 0.15) is 26.9 Å². The quantitative estimate of drug-likeness (QED) is 0.266. The highest BCUT2D eigenvalue weighted by molar-refractivity contribution is 6.05. The number of benzene rings is 4. The molecule has 0 bridgehead atoms. The maximum absolute atomic E-state index is 13.5. The maximum atomic E-state index is 13.5. The number of carbonyl (C=O) groups is 2. The third-order valence-electron chi connectivity index (χ3n) is 7.29. The Morgan fingerprint density at radius 3 is 2.15 bits per heavy atom. The van der Waals surface area contributed by atoms with Crippen molar-refractivity contribution in [3.63, 3.8) is 0 Å². The number of ether oxygens (including phenoxy) is 4. The number of carbonyl (C=O) groups excluding carboxylic acids is 2. The van der Waals surface area contributed by atoms with Crippen LogP contribution in [0.5, 0.6) is 6.01 Å². The summed E-state index contributed by atoms with van der Waals surface area (Å²) in [5, 5.41) is 3.40. The number of hydrogen-bond acceptors (Lipinski definition) is 8. The van der Waals surface area contributed by atoms with Gasteiger partial charge >= 0.3 is 17.9 Å². The van der Waals surface area contributed by atoms with Gasteiger partial charge in [0.05, 0.1) is 11.1 Å². The van der Waals surface area contributed by atoms with Crippen LogP contribution in [0.2, 0.25) is 0 Å². The van der Waals surface area contributed by atoms with Gasteiger partial charge in [-0.1, -0.05) is 72.8 Å². The number of hydrogen-bond donors (Lipinski definition) is 1. The van der Waals surface area contributed by atoms with E-state index in [2.05, 4.69) is 4.98 Å². The number of aromatic nitrogens is 2. The van der Waals surface area contributed by atoms with E-state index >= 15 is 0 Å². The molecule has 0 radical (unpaired) electrons. The maximum Gasteiger partial charge on any atom is 0.503 e. The van der Waals surface area contributed by atoms with Crippen LogP contribution in [0, 0.1) is 0 Å². The van der Waals surface area contributed by atoms with Gasteiger partial charge in [0.1, 0.15) is 18.9 Å². The van der Waals surface area contributed by atoms with Crippen molar-refractivity contribution in [1.82, 2.24) is 4.98 Å². The van der Waals surface area contributed by atoms with E-state index in [0.717, 1.165) is 21.5 Å². The van der Waals surface area contributed by atoms with Gasteiger partial charge in [0.2, 0.25) is 18.1 Å². The van der Waals surface area contributed by atoms with Gasteiger partial charge < -0.3 is 24.7 Å². The van der Waals surface area contributed by atoms with Gasteiger partial charge in [-0.05, 0) is 33.7 Å². The summed E-state index contributed by atoms with van der Waals surface area (Å²) < 4.78 is 25.8. The highest BCUT2D eigenvalue weighted by Gasteiger charge is 2.58. The molecule has 9 nitrogen and oxygen atoms in total. The molecule has 0 saturated carbocycles. The average Bonchev–Trinajstić information content (AvgIpc) is 3.50. The molecule has 40 heavy (non-hydrogen) atoms. The third-order valence-corrected chi connectivity index (χ3v) is 7.29. The fraction of sp³-hybridized carbons (Fsp3) is 0.161. The summed E-state index contributed by atoms with van der Waals surface area (Å²) in [4.78, 5) is 30.9. The summed E-state index contributed by atoms with van der Waals surface area (Å²) in [6.45, 7) is -0.149. The van der Waals surface area contributed by atoms with E-state index in [1.807, 2.05) is 66.7 Å². The van der Waals surface area contributed by atoms with Gasteiger partial charge in [-0.15, -0.1) is 0 Å². The van der Waals surface area contributed by atoms with E-state index in [1.165, 1.54) is 0 Å². The molecule has 7 rings (SSSR count). The van der Waals surface area contributed by atoms with E-state index < -0.39 is 36.5 Å². The predicted molar refractivity (Wildman–Crippen MR) is 145 cm³/mol. The fourth-order valence-corrected chi connectivity index (χ4v) is 5.39. The fourth-order valence-electron chi connectivity index (χ4n) is 5.39. The molecule has 4 aromatic carbocycles. The molecular weight excluding hydrogens is 510 g/mol. The minimum atomic E-state index is -0.889. The van der Waals surface area contributed by atoms with Crippen molar-refractivity contribution >= 4 is 39.3 Å². The van der Waals surface area contributed by atoms with Gasteiger partial charge in [0.15, 0.2) is 6.10 Å². The van der Waals surface area contributed by atoms with Crippen molar-refractivity contribution in [1.29, 1.82) is 0 Å². The zero-order chi connectivity index (χ0) is 27.2. The molecule has 2 aliphatic rings. The second-order valence-corrected chi connectivity index (χ2v) is 9.71. The van der Waals surface area contributed by atoms with Crippen LogP contribution in [0.4, 0.5) is 5.82 Å². The summed E-state index contributed by atoms with van der Waals surface area (Å²) in [6.07, 6.45) is -1.33. The Hall–Kier alpha value is -5.02. The monoisotopic (exact) mass is 534 g/mol. The molecule has 5 aromatic rings. The van der Waals surface area contributed by atoms with Crippen LogP contribution in [0.3, 0.4) is 0 Å². The number of esters is 2. The molecule has 9 heteroatoms. The number of nitrogens with two attached hydrogens (primary N) is 1. The Morgan fingerprint density at radius 1 is 0.825 bits per heavy atom. The lowest BCUT2D eigenvalue weighted by Crippen LogP contribution is -2.41. The van der Waals surface area contributed by atoms with Gasteiger partial charge in [-0.25, -0.2) is 9.59 Å². The first-order valence-corrected chi connectivity index (χ1v) is 12.9. The van der Waals surface area contributed by atoms with Crippen LogP contribution in [0.15, 0.2) is 97.2 Å². The molecule has 0 aliphatic carbocycles. The van der Waals surface area contributed by atoms with Crippen LogP contribution >= 0.6 is 0 Å². The number of anilines is 1. The number of nitrogen functional groups attached to an aromatic ring is 1. The van der Waals surface area contributed by atoms with Gasteiger partial charge in [-0.3, -0.25) is 0 Å². The first kappa shape index (κ1) is 24.1. The van der Waals surface area contributed by atoms with E-state index in [4.69, 9.17) is 24.7 Å². The predicted octanol–water partition coefficient (Wildman–Crippen LogP) is 4.00. The van der Waals surface area contributed by atoms with Crippen molar-refractivity contribution in [3.8, 4) is 6.01 Å². The van der Waals surface area contributed by atoms with Crippen molar-refractivity contribution in [3.05, 3.63) is 108 Å². The molecule has 2 aliphatic heterocycles. The third kappa shape index (κ3) is 4.07. The standard InChI is InChI=1S/C31H23N3O6/c32-25-15-16-34-28-27(40-31(34)33-25)26(39-30(36)23-14-6-10-19-8-2-4-12-21(19)23)24(38-28)17-37-29(35)22-13-5-9-18-7-1-3-11-20(18)22/h1-16,24,26-28,32H,17H2/p+1/t24-,26-,27-,28-/m1/s1. The number of rotatable bonds is 5. The SMILES string of the molecule is Nc1cc[n+]2c(n1)O[C@@H]1[C@H](OC(=O)c3cccc4ccccc34)[C@@H](COC(=O)c3cccc4ccccc34)O[C@H]12. The average molecular weight is 535 g/mol. The smallest absolute Gasteiger partial charge is 0.459 e. The Balaban J connectivity index is 1.17. The van der Waals surface area contributed by atoms with Gasteiger partial charge in [0.25, 0.3) is 0 Å². The lowest BCUT2D eigenvalue weighted by atomic mass is 10.0. The van der Waals surface area contributed by atoms with Crippen molar-refractivity contribution < 1.29 is 33.1 Å². The molecule has 1 fully saturated rings. The van der Waals surface area contributed by atoms with Gasteiger partial charge in [0, 0.05) is 11.1 Å². The molecule has 0 spiro atoms. The Kier molecular flexibility index (Phi) is 5.78. The highest BCUT2D eigenvalue weighted by Crippen LogP contribution is 2.37. The topological polar surface area (TPSA) is 114 Å². The molecule has 4 atom stereocenters. The minimum absolute atomic E-state index is 0.149. The van der Waals surface area contributed by atoms with Crippen LogP contribution in [0.25, 0.3) is 21.5 Å². The Bertz CT molecular complexity index is 1780. The van der Waals surface area contributed by atoms with Crippen molar-refractivity contribution in [2.75, 3.05) is 12.3 Å². The second-order valence-electron chi connectivity index (χ2n) is 9.71. The molecule has 1 saturated heterocycles. The van der Waals surface area contributed by atoms with Crippen LogP contribution in [-0.2, 0) is 14.2 Å².